The molecular weight excluding hydrogens is 316 g/mol. The van der Waals surface area contributed by atoms with Crippen LogP contribution in [-0.2, 0) is 19.9 Å². The second kappa shape index (κ2) is 5.69. The van der Waals surface area contributed by atoms with E-state index in [9.17, 15) is 16.8 Å². The van der Waals surface area contributed by atoms with Crippen molar-refractivity contribution in [2.75, 3.05) is 18.1 Å². The van der Waals surface area contributed by atoms with Crippen molar-refractivity contribution in [1.29, 1.82) is 0 Å². The molecule has 0 radical (unpaired) electrons. The van der Waals surface area contributed by atoms with Crippen molar-refractivity contribution < 1.29 is 21.4 Å². The topological polar surface area (TPSA) is 97.6 Å². The van der Waals surface area contributed by atoms with Gasteiger partial charge in [-0.1, -0.05) is 12.1 Å². The lowest BCUT2D eigenvalue weighted by Gasteiger charge is -2.26. The predicted octanol–water partition coefficient (Wildman–Crippen LogP) is 0.879. The van der Waals surface area contributed by atoms with Gasteiger partial charge in [-0.2, -0.15) is 4.31 Å². The Balaban J connectivity index is 2.43. The highest BCUT2D eigenvalue weighted by Crippen LogP contribution is 2.28. The van der Waals surface area contributed by atoms with Crippen LogP contribution in [0.15, 0.2) is 9.42 Å². The molecule has 1 aliphatic rings. The first kappa shape index (κ1) is 16.4. The van der Waals surface area contributed by atoms with Gasteiger partial charge in [0.15, 0.2) is 15.6 Å². The second-order valence-electron chi connectivity index (χ2n) is 5.33. The fourth-order valence-electron chi connectivity index (χ4n) is 2.68. The van der Waals surface area contributed by atoms with E-state index in [2.05, 4.69) is 5.16 Å². The molecule has 0 unspecified atom stereocenters. The summed E-state index contributed by atoms with van der Waals surface area (Å²) in [6, 6.07) is -0.506. The molecular formula is C12H20N2O5S2. The summed E-state index contributed by atoms with van der Waals surface area (Å²) in [5.74, 6) is 0.152. The monoisotopic (exact) mass is 336 g/mol. The fraction of sp³-hybridized carbons (Fsp3) is 0.750. The molecule has 1 aromatic heterocycles. The Hall–Kier alpha value is -0.930. The molecule has 0 amide bonds. The molecule has 21 heavy (non-hydrogen) atoms. The molecule has 1 aromatic rings. The molecule has 1 atom stereocenters. The Morgan fingerprint density at radius 3 is 2.48 bits per heavy atom. The molecule has 0 aromatic carbocycles. The molecule has 0 spiro atoms. The molecule has 0 N–H and O–H groups in total. The number of rotatable bonds is 5. The van der Waals surface area contributed by atoms with Gasteiger partial charge in [0, 0.05) is 12.6 Å². The van der Waals surface area contributed by atoms with Crippen LogP contribution in [0.1, 0.15) is 31.2 Å². The van der Waals surface area contributed by atoms with Crippen LogP contribution in [0.3, 0.4) is 0 Å². The first-order chi connectivity index (χ1) is 9.69. The number of aromatic nitrogens is 1. The van der Waals surface area contributed by atoms with Crippen molar-refractivity contribution in [1.82, 2.24) is 9.46 Å². The van der Waals surface area contributed by atoms with Gasteiger partial charge in [0.25, 0.3) is 0 Å². The molecule has 0 aliphatic carbocycles. The van der Waals surface area contributed by atoms with Crippen LogP contribution in [-0.4, -0.2) is 50.4 Å². The van der Waals surface area contributed by atoms with Crippen molar-refractivity contribution in [3.05, 3.63) is 11.5 Å². The minimum absolute atomic E-state index is 0.0367. The normalized spacial score (nSPS) is 22.0. The largest absolute Gasteiger partial charge is 0.360 e. The average molecular weight is 336 g/mol. The van der Waals surface area contributed by atoms with E-state index in [4.69, 9.17) is 4.52 Å². The maximum Gasteiger partial charge on any atom is 0.248 e. The van der Waals surface area contributed by atoms with E-state index in [0.29, 0.717) is 18.5 Å². The van der Waals surface area contributed by atoms with Gasteiger partial charge < -0.3 is 4.52 Å². The van der Waals surface area contributed by atoms with Crippen molar-refractivity contribution in [2.45, 2.75) is 44.6 Å². The highest BCUT2D eigenvalue weighted by atomic mass is 32.2. The molecule has 0 bridgehead atoms. The van der Waals surface area contributed by atoms with Crippen LogP contribution in [0.4, 0.5) is 0 Å². The van der Waals surface area contributed by atoms with Crippen molar-refractivity contribution >= 4 is 19.9 Å². The lowest BCUT2D eigenvalue weighted by atomic mass is 10.2. The third kappa shape index (κ3) is 3.14. The standard InChI is InChI=1S/C12H20N2O5S2/c1-4-6-14(11-5-7-20(15,16)8-11)21(17,18)12-9(2)13-19-10(12)3/h11H,4-8H2,1-3H3/t11-/m1/s1. The Labute approximate surface area is 125 Å². The summed E-state index contributed by atoms with van der Waals surface area (Å²) in [4.78, 5) is 0.0558. The number of hydrogen-bond donors (Lipinski definition) is 0. The molecule has 9 heteroatoms. The quantitative estimate of drug-likeness (QED) is 0.791. The Morgan fingerprint density at radius 2 is 2.05 bits per heavy atom. The third-order valence-corrected chi connectivity index (χ3v) is 7.54. The van der Waals surface area contributed by atoms with E-state index >= 15 is 0 Å². The maximum atomic E-state index is 12.9. The van der Waals surface area contributed by atoms with E-state index in [-0.39, 0.29) is 28.7 Å². The molecule has 1 fully saturated rings. The summed E-state index contributed by atoms with van der Waals surface area (Å²) >= 11 is 0. The number of nitrogens with zero attached hydrogens (tertiary/aromatic N) is 2. The van der Waals surface area contributed by atoms with Crippen LogP contribution in [0, 0.1) is 13.8 Å². The highest BCUT2D eigenvalue weighted by Gasteiger charge is 2.40. The van der Waals surface area contributed by atoms with Crippen LogP contribution in [0.25, 0.3) is 0 Å². The van der Waals surface area contributed by atoms with Crippen molar-refractivity contribution in [2.24, 2.45) is 0 Å². The average Bonchev–Trinajstić information content (AvgIpc) is 2.89. The van der Waals surface area contributed by atoms with Crippen LogP contribution < -0.4 is 0 Å². The molecule has 0 saturated carbocycles. The lowest BCUT2D eigenvalue weighted by Crippen LogP contribution is -2.41. The van der Waals surface area contributed by atoms with Crippen molar-refractivity contribution in [3.8, 4) is 0 Å². The summed E-state index contributed by atoms with van der Waals surface area (Å²) in [6.45, 7) is 5.26. The first-order valence-corrected chi connectivity index (χ1v) is 10.1. The van der Waals surface area contributed by atoms with Gasteiger partial charge in [-0.05, 0) is 26.7 Å². The minimum Gasteiger partial charge on any atom is -0.360 e. The lowest BCUT2D eigenvalue weighted by molar-refractivity contribution is 0.339. The van der Waals surface area contributed by atoms with E-state index in [1.807, 2.05) is 6.92 Å². The summed E-state index contributed by atoms with van der Waals surface area (Å²) < 4.78 is 55.2. The number of sulfonamides is 1. The molecule has 2 heterocycles. The number of aryl methyl sites for hydroxylation is 2. The highest BCUT2D eigenvalue weighted by molar-refractivity contribution is 7.92. The Bertz CT molecular complexity index is 701. The van der Waals surface area contributed by atoms with E-state index < -0.39 is 25.9 Å². The van der Waals surface area contributed by atoms with Gasteiger partial charge in [-0.3, -0.25) is 0 Å². The van der Waals surface area contributed by atoms with Gasteiger partial charge in [-0.15, -0.1) is 0 Å². The molecule has 2 rings (SSSR count). The van der Waals surface area contributed by atoms with E-state index in [0.717, 1.165) is 0 Å². The molecule has 1 saturated heterocycles. The van der Waals surface area contributed by atoms with Crippen LogP contribution in [0.2, 0.25) is 0 Å². The number of hydrogen-bond acceptors (Lipinski definition) is 6. The fourth-order valence-corrected chi connectivity index (χ4v) is 6.55. The van der Waals surface area contributed by atoms with Gasteiger partial charge in [0.2, 0.25) is 10.0 Å². The summed E-state index contributed by atoms with van der Waals surface area (Å²) in [7, 11) is -6.96. The van der Waals surface area contributed by atoms with Gasteiger partial charge in [0.1, 0.15) is 10.6 Å². The van der Waals surface area contributed by atoms with Crippen LogP contribution in [0.5, 0.6) is 0 Å². The number of sulfone groups is 1. The summed E-state index contributed by atoms with van der Waals surface area (Å²) in [5.41, 5.74) is 0.300. The smallest absolute Gasteiger partial charge is 0.248 e. The van der Waals surface area contributed by atoms with E-state index in [1.54, 1.807) is 13.8 Å². The second-order valence-corrected chi connectivity index (χ2v) is 9.38. The molecule has 7 nitrogen and oxygen atoms in total. The van der Waals surface area contributed by atoms with Gasteiger partial charge >= 0.3 is 0 Å². The Morgan fingerprint density at radius 1 is 1.38 bits per heavy atom. The minimum atomic E-state index is -3.80. The SMILES string of the molecule is CCCN([C@@H]1CCS(=O)(=O)C1)S(=O)(=O)c1c(C)noc1C. The summed E-state index contributed by atoms with van der Waals surface area (Å²) in [6.07, 6.45) is 0.949. The predicted molar refractivity (Wildman–Crippen MR) is 77.2 cm³/mol. The molecule has 1 aliphatic heterocycles. The zero-order valence-electron chi connectivity index (χ0n) is 12.4. The third-order valence-electron chi connectivity index (χ3n) is 3.59. The Kier molecular flexibility index (Phi) is 4.46. The zero-order chi connectivity index (χ0) is 15.8. The first-order valence-electron chi connectivity index (χ1n) is 6.84. The maximum absolute atomic E-state index is 12.9. The van der Waals surface area contributed by atoms with Crippen LogP contribution >= 0.6 is 0 Å². The van der Waals surface area contributed by atoms with E-state index in [1.165, 1.54) is 4.31 Å². The summed E-state index contributed by atoms with van der Waals surface area (Å²) in [5, 5.41) is 3.68. The van der Waals surface area contributed by atoms with Gasteiger partial charge in [-0.25, -0.2) is 16.8 Å². The van der Waals surface area contributed by atoms with Gasteiger partial charge in [0.05, 0.1) is 11.5 Å². The molecule has 120 valence electrons. The van der Waals surface area contributed by atoms with Crippen molar-refractivity contribution in [3.63, 3.8) is 0 Å². The zero-order valence-corrected chi connectivity index (χ0v) is 14.0.